The third-order valence-corrected chi connectivity index (χ3v) is 8.05. The van der Waals surface area contributed by atoms with E-state index in [0.717, 1.165) is 15.2 Å². The van der Waals surface area contributed by atoms with E-state index in [-0.39, 0.29) is 23.8 Å². The highest BCUT2D eigenvalue weighted by Crippen LogP contribution is 2.37. The Kier molecular flexibility index (Phi) is 8.10. The first kappa shape index (κ1) is 28.3. The van der Waals surface area contributed by atoms with Crippen molar-refractivity contribution in [2.75, 3.05) is 13.7 Å². The van der Waals surface area contributed by atoms with Gasteiger partial charge in [-0.3, -0.25) is 9.36 Å². The molecule has 4 aromatic rings. The van der Waals surface area contributed by atoms with Crippen LogP contribution in [0.3, 0.4) is 0 Å². The van der Waals surface area contributed by atoms with Gasteiger partial charge in [0, 0.05) is 15.6 Å². The van der Waals surface area contributed by atoms with Gasteiger partial charge >= 0.3 is 5.97 Å². The highest BCUT2D eigenvalue weighted by molar-refractivity contribution is 9.10. The molecule has 0 saturated heterocycles. The first-order chi connectivity index (χ1) is 19.7. The number of fused-ring (bicyclic) bond motifs is 2. The topological polar surface area (TPSA) is 103 Å². The van der Waals surface area contributed by atoms with Crippen LogP contribution in [0.25, 0.3) is 16.8 Å². The molecule has 41 heavy (non-hydrogen) atoms. The molecule has 208 valence electrons. The molecule has 5 rings (SSSR count). The van der Waals surface area contributed by atoms with Gasteiger partial charge in [0.25, 0.3) is 5.56 Å². The normalized spacial score (nSPS) is 15.0. The fourth-order valence-corrected chi connectivity index (χ4v) is 6.27. The number of methoxy groups -OCH3 is 1. The van der Waals surface area contributed by atoms with Gasteiger partial charge in [0.1, 0.15) is 23.6 Å². The lowest BCUT2D eigenvalue weighted by Crippen LogP contribution is -2.40. The van der Waals surface area contributed by atoms with Gasteiger partial charge in [0.15, 0.2) is 11.4 Å². The lowest BCUT2D eigenvalue weighted by Gasteiger charge is -2.26. The van der Waals surface area contributed by atoms with E-state index in [4.69, 9.17) is 19.5 Å². The maximum atomic E-state index is 14.2. The summed E-state index contributed by atoms with van der Waals surface area (Å²) >= 11 is 4.74. The van der Waals surface area contributed by atoms with E-state index in [1.807, 2.05) is 48.5 Å². The molecule has 1 aliphatic heterocycles. The molecule has 0 saturated carbocycles. The maximum absolute atomic E-state index is 14.2. The van der Waals surface area contributed by atoms with Crippen LogP contribution in [0.1, 0.15) is 37.9 Å². The average Bonchev–Trinajstić information content (AvgIpc) is 3.25. The van der Waals surface area contributed by atoms with Crippen molar-refractivity contribution in [2.45, 2.75) is 32.9 Å². The first-order valence-corrected chi connectivity index (χ1v) is 14.4. The Morgan fingerprint density at radius 1 is 1.20 bits per heavy atom. The number of hydrogen-bond donors (Lipinski definition) is 0. The highest BCUT2D eigenvalue weighted by atomic mass is 79.9. The van der Waals surface area contributed by atoms with Crippen LogP contribution in [-0.2, 0) is 9.53 Å². The Hall–Kier alpha value is -4.20. The highest BCUT2D eigenvalue weighted by Gasteiger charge is 2.35. The van der Waals surface area contributed by atoms with Crippen molar-refractivity contribution in [2.24, 2.45) is 4.99 Å². The van der Waals surface area contributed by atoms with E-state index in [1.165, 1.54) is 15.9 Å². The monoisotopic (exact) mass is 631 g/mol. The zero-order chi connectivity index (χ0) is 29.3. The fraction of sp³-hybridized carbons (Fsp3) is 0.226. The quantitative estimate of drug-likeness (QED) is 0.266. The van der Waals surface area contributed by atoms with Gasteiger partial charge in [-0.1, -0.05) is 57.6 Å². The number of nitriles is 1. The van der Waals surface area contributed by atoms with Gasteiger partial charge in [0.2, 0.25) is 0 Å². The van der Waals surface area contributed by atoms with Crippen LogP contribution >= 0.6 is 27.3 Å². The lowest BCUT2D eigenvalue weighted by molar-refractivity contribution is -0.143. The van der Waals surface area contributed by atoms with E-state index in [9.17, 15) is 9.59 Å². The minimum absolute atomic E-state index is 0.135. The molecule has 0 bridgehead atoms. The van der Waals surface area contributed by atoms with E-state index in [2.05, 4.69) is 20.9 Å². The SMILES string of the molecule is COc1ccc(Br)cc1[C@H]1C(C(=O)OC(C)C)=C(C)N=c2s/c(=C\c3c(OCC#N)ccc4ccccc34)c(=O)n21. The number of ether oxygens (including phenoxy) is 3. The van der Waals surface area contributed by atoms with Crippen molar-refractivity contribution in [3.8, 4) is 17.6 Å². The van der Waals surface area contributed by atoms with Crippen LogP contribution < -0.4 is 24.4 Å². The molecule has 0 aliphatic carbocycles. The first-order valence-electron chi connectivity index (χ1n) is 12.8. The molecule has 10 heteroatoms. The molecule has 1 atom stereocenters. The number of carbonyl (C=O) groups is 1. The number of thiazole rings is 1. The van der Waals surface area contributed by atoms with Crippen molar-refractivity contribution in [1.82, 2.24) is 4.57 Å². The molecule has 0 spiro atoms. The van der Waals surface area contributed by atoms with Crippen molar-refractivity contribution < 1.29 is 19.0 Å². The molecule has 3 aromatic carbocycles. The molecule has 0 amide bonds. The number of hydrogen-bond acceptors (Lipinski definition) is 8. The average molecular weight is 633 g/mol. The van der Waals surface area contributed by atoms with Gasteiger partial charge in [-0.05, 0) is 61.9 Å². The summed E-state index contributed by atoms with van der Waals surface area (Å²) in [5, 5.41) is 11.0. The standard InChI is InChI=1S/C31H26BrN3O5S/c1-17(2)40-30(37)27-18(3)34-31-35(28(27)23-15-20(32)10-12-24(23)38-4)29(36)26(41-31)16-22-21-8-6-5-7-19(21)9-11-25(22)39-14-13-33/h5-12,15-17,28H,14H2,1-4H3/b26-16-/t28-/m0/s1. The molecular weight excluding hydrogens is 606 g/mol. The minimum Gasteiger partial charge on any atom is -0.496 e. The summed E-state index contributed by atoms with van der Waals surface area (Å²) < 4.78 is 19.7. The fourth-order valence-electron chi connectivity index (χ4n) is 4.86. The van der Waals surface area contributed by atoms with Gasteiger partial charge < -0.3 is 14.2 Å². The van der Waals surface area contributed by atoms with E-state index in [1.54, 1.807) is 46.1 Å². The molecule has 0 radical (unpaired) electrons. The van der Waals surface area contributed by atoms with Crippen molar-refractivity contribution >= 4 is 50.1 Å². The van der Waals surface area contributed by atoms with E-state index in [0.29, 0.717) is 37.7 Å². The van der Waals surface area contributed by atoms with Crippen LogP contribution in [0.4, 0.5) is 0 Å². The zero-order valence-electron chi connectivity index (χ0n) is 22.8. The second-order valence-electron chi connectivity index (χ2n) is 9.57. The Labute approximate surface area is 248 Å². The molecular formula is C31H26BrN3O5S. The lowest BCUT2D eigenvalue weighted by atomic mass is 9.95. The third-order valence-electron chi connectivity index (χ3n) is 6.57. The summed E-state index contributed by atoms with van der Waals surface area (Å²) in [6, 6.07) is 18.1. The van der Waals surface area contributed by atoms with E-state index >= 15 is 0 Å². The predicted octanol–water partition coefficient (Wildman–Crippen LogP) is 5.01. The van der Waals surface area contributed by atoms with Gasteiger partial charge in [-0.15, -0.1) is 0 Å². The molecule has 1 aliphatic rings. The van der Waals surface area contributed by atoms with Gasteiger partial charge in [0.05, 0.1) is 29.0 Å². The number of halogens is 1. The summed E-state index contributed by atoms with van der Waals surface area (Å²) in [4.78, 5) is 32.8. The summed E-state index contributed by atoms with van der Waals surface area (Å²) in [6.07, 6.45) is 1.40. The largest absolute Gasteiger partial charge is 0.496 e. The number of benzene rings is 3. The number of aromatic nitrogens is 1. The number of nitrogens with zero attached hydrogens (tertiary/aromatic N) is 3. The zero-order valence-corrected chi connectivity index (χ0v) is 25.2. The van der Waals surface area contributed by atoms with Gasteiger partial charge in [-0.2, -0.15) is 5.26 Å². The number of allylic oxidation sites excluding steroid dienone is 1. The Balaban J connectivity index is 1.80. The van der Waals surface area contributed by atoms with Crippen LogP contribution in [-0.4, -0.2) is 30.4 Å². The Morgan fingerprint density at radius 2 is 1.95 bits per heavy atom. The van der Waals surface area contributed by atoms with Crippen LogP contribution in [0.2, 0.25) is 0 Å². The molecule has 0 unspecified atom stereocenters. The smallest absolute Gasteiger partial charge is 0.338 e. The Morgan fingerprint density at radius 3 is 2.68 bits per heavy atom. The summed E-state index contributed by atoms with van der Waals surface area (Å²) in [7, 11) is 1.54. The molecule has 0 N–H and O–H groups in total. The summed E-state index contributed by atoms with van der Waals surface area (Å²) in [5.74, 6) is 0.445. The van der Waals surface area contributed by atoms with Crippen molar-refractivity contribution in [3.05, 3.63) is 101 Å². The predicted molar refractivity (Wildman–Crippen MR) is 161 cm³/mol. The molecule has 2 heterocycles. The minimum atomic E-state index is -0.839. The summed E-state index contributed by atoms with van der Waals surface area (Å²) in [5.41, 5.74) is 1.68. The number of esters is 1. The molecule has 0 fully saturated rings. The molecule has 1 aromatic heterocycles. The number of carbonyl (C=O) groups excluding carboxylic acids is 1. The molecule has 8 nitrogen and oxygen atoms in total. The van der Waals surface area contributed by atoms with Crippen molar-refractivity contribution in [3.63, 3.8) is 0 Å². The number of rotatable bonds is 7. The second kappa shape index (κ2) is 11.7. The third kappa shape index (κ3) is 5.43. The maximum Gasteiger partial charge on any atom is 0.338 e. The van der Waals surface area contributed by atoms with E-state index < -0.39 is 12.0 Å². The second-order valence-corrected chi connectivity index (χ2v) is 11.5. The van der Waals surface area contributed by atoms with Crippen LogP contribution in [0.15, 0.2) is 80.1 Å². The van der Waals surface area contributed by atoms with Gasteiger partial charge in [-0.25, -0.2) is 9.79 Å². The van der Waals surface area contributed by atoms with Crippen molar-refractivity contribution in [1.29, 1.82) is 5.26 Å². The van der Waals surface area contributed by atoms with Crippen LogP contribution in [0, 0.1) is 11.3 Å². The Bertz CT molecular complexity index is 1930. The van der Waals surface area contributed by atoms with Crippen LogP contribution in [0.5, 0.6) is 11.5 Å². The summed E-state index contributed by atoms with van der Waals surface area (Å²) in [6.45, 7) is 5.15.